The zero-order valence-electron chi connectivity index (χ0n) is 13.0. The van der Waals surface area contributed by atoms with E-state index in [0.717, 1.165) is 12.8 Å². The van der Waals surface area contributed by atoms with Crippen LogP contribution in [0.15, 0.2) is 0 Å². The molecule has 116 valence electrons. The number of nitrogens with zero attached hydrogens (tertiary/aromatic N) is 1. The maximum Gasteiger partial charge on any atom is 0.329 e. The molecule has 5 nitrogen and oxygen atoms in total. The summed E-state index contributed by atoms with van der Waals surface area (Å²) in [5, 5.41) is 8.57. The summed E-state index contributed by atoms with van der Waals surface area (Å²) >= 11 is 0. The minimum absolute atomic E-state index is 0.0322. The van der Waals surface area contributed by atoms with Crippen LogP contribution in [0.3, 0.4) is 0 Å². The summed E-state index contributed by atoms with van der Waals surface area (Å²) in [5.74, 6) is -0.400. The van der Waals surface area contributed by atoms with Crippen LogP contribution in [0.25, 0.3) is 0 Å². The standard InChI is InChI=1S/C15H27NO4/c1-11(15(2,3)4)9-13(17)16-7-5-12(6-8-16)20-10-14(18)19/h11-12H,5-10H2,1-4H3,(H,18,19). The van der Waals surface area contributed by atoms with Gasteiger partial charge in [-0.05, 0) is 24.2 Å². The predicted molar refractivity (Wildman–Crippen MR) is 76.4 cm³/mol. The average Bonchev–Trinajstić information content (AvgIpc) is 2.35. The fourth-order valence-electron chi connectivity index (χ4n) is 2.16. The minimum atomic E-state index is -0.942. The van der Waals surface area contributed by atoms with E-state index >= 15 is 0 Å². The molecule has 0 aromatic carbocycles. The van der Waals surface area contributed by atoms with Crippen LogP contribution in [0.5, 0.6) is 0 Å². The number of aliphatic carboxylic acids is 1. The summed E-state index contributed by atoms with van der Waals surface area (Å²) < 4.78 is 5.27. The molecule has 1 fully saturated rings. The molecule has 0 saturated carbocycles. The number of carbonyl (C=O) groups excluding carboxylic acids is 1. The van der Waals surface area contributed by atoms with Crippen molar-refractivity contribution in [3.8, 4) is 0 Å². The third-order valence-electron chi connectivity index (χ3n) is 4.20. The molecule has 1 rings (SSSR count). The molecule has 1 N–H and O–H groups in total. The molecule has 0 radical (unpaired) electrons. The van der Waals surface area contributed by atoms with Crippen molar-refractivity contribution in [3.63, 3.8) is 0 Å². The molecule has 1 aliphatic rings. The zero-order valence-corrected chi connectivity index (χ0v) is 13.0. The highest BCUT2D eigenvalue weighted by Crippen LogP contribution is 2.29. The maximum atomic E-state index is 12.2. The Morgan fingerprint density at radius 2 is 1.85 bits per heavy atom. The van der Waals surface area contributed by atoms with Gasteiger partial charge in [-0.3, -0.25) is 4.79 Å². The Morgan fingerprint density at radius 1 is 1.30 bits per heavy atom. The Labute approximate surface area is 121 Å². The second kappa shape index (κ2) is 7.07. The first-order chi connectivity index (χ1) is 9.20. The molecule has 0 bridgehead atoms. The van der Waals surface area contributed by atoms with E-state index in [9.17, 15) is 9.59 Å². The van der Waals surface area contributed by atoms with Crippen molar-refractivity contribution < 1.29 is 19.4 Å². The van der Waals surface area contributed by atoms with E-state index in [2.05, 4.69) is 27.7 Å². The van der Waals surface area contributed by atoms with Gasteiger partial charge in [0.15, 0.2) is 0 Å². The van der Waals surface area contributed by atoms with Gasteiger partial charge >= 0.3 is 5.97 Å². The van der Waals surface area contributed by atoms with E-state index < -0.39 is 5.97 Å². The third kappa shape index (κ3) is 5.49. The van der Waals surface area contributed by atoms with Crippen LogP contribution in [0, 0.1) is 11.3 Å². The largest absolute Gasteiger partial charge is 0.480 e. The van der Waals surface area contributed by atoms with Crippen molar-refractivity contribution in [3.05, 3.63) is 0 Å². The van der Waals surface area contributed by atoms with Crippen LogP contribution in [-0.2, 0) is 14.3 Å². The summed E-state index contributed by atoms with van der Waals surface area (Å²) in [7, 11) is 0. The first-order valence-corrected chi connectivity index (χ1v) is 7.31. The van der Waals surface area contributed by atoms with Gasteiger partial charge < -0.3 is 14.7 Å². The van der Waals surface area contributed by atoms with Crippen molar-refractivity contribution in [2.45, 2.75) is 53.1 Å². The van der Waals surface area contributed by atoms with Gasteiger partial charge in [-0.15, -0.1) is 0 Å². The van der Waals surface area contributed by atoms with E-state index in [1.807, 2.05) is 4.90 Å². The highest BCUT2D eigenvalue weighted by molar-refractivity contribution is 5.76. The molecule has 1 amide bonds. The fraction of sp³-hybridized carbons (Fsp3) is 0.867. The van der Waals surface area contributed by atoms with Crippen LogP contribution in [0.1, 0.15) is 47.0 Å². The van der Waals surface area contributed by atoms with Crippen LogP contribution in [0.4, 0.5) is 0 Å². The van der Waals surface area contributed by atoms with Gasteiger partial charge in [-0.2, -0.15) is 0 Å². The van der Waals surface area contributed by atoms with Crippen molar-refractivity contribution >= 4 is 11.9 Å². The molecule has 0 aromatic heterocycles. The van der Waals surface area contributed by atoms with E-state index in [0.29, 0.717) is 25.4 Å². The predicted octanol–water partition coefficient (Wildman–Crippen LogP) is 2.15. The quantitative estimate of drug-likeness (QED) is 0.840. The summed E-state index contributed by atoms with van der Waals surface area (Å²) in [6, 6.07) is 0. The lowest BCUT2D eigenvalue weighted by molar-refractivity contribution is -0.147. The van der Waals surface area contributed by atoms with E-state index in [4.69, 9.17) is 9.84 Å². The number of rotatable bonds is 5. The SMILES string of the molecule is CC(CC(=O)N1CCC(OCC(=O)O)CC1)C(C)(C)C. The highest BCUT2D eigenvalue weighted by atomic mass is 16.5. The number of piperidine rings is 1. The number of hydrogen-bond acceptors (Lipinski definition) is 3. The molecule has 0 aliphatic carbocycles. The molecule has 1 heterocycles. The molecule has 1 saturated heterocycles. The number of ether oxygens (including phenoxy) is 1. The zero-order chi connectivity index (χ0) is 15.3. The number of carbonyl (C=O) groups is 2. The van der Waals surface area contributed by atoms with Crippen LogP contribution in [-0.4, -0.2) is 47.7 Å². The normalized spacial score (nSPS) is 18.9. The van der Waals surface area contributed by atoms with Crippen molar-refractivity contribution in [2.75, 3.05) is 19.7 Å². The lowest BCUT2D eigenvalue weighted by atomic mass is 9.80. The van der Waals surface area contributed by atoms with E-state index in [-0.39, 0.29) is 24.0 Å². The second-order valence-electron chi connectivity index (χ2n) is 6.76. The molecule has 0 aromatic rings. The third-order valence-corrected chi connectivity index (χ3v) is 4.20. The van der Waals surface area contributed by atoms with Gasteiger partial charge in [0.1, 0.15) is 6.61 Å². The summed E-state index contributed by atoms with van der Waals surface area (Å²) in [5.41, 5.74) is 0.137. The van der Waals surface area contributed by atoms with Gasteiger partial charge in [-0.1, -0.05) is 27.7 Å². The number of carboxylic acids is 1. The van der Waals surface area contributed by atoms with Gasteiger partial charge in [-0.25, -0.2) is 4.79 Å². The molecule has 5 heteroatoms. The minimum Gasteiger partial charge on any atom is -0.480 e. The Balaban J connectivity index is 2.34. The number of carboxylic acid groups (broad SMARTS) is 1. The molecule has 1 unspecified atom stereocenters. The number of hydrogen-bond donors (Lipinski definition) is 1. The van der Waals surface area contributed by atoms with Crippen LogP contribution in [0.2, 0.25) is 0 Å². The average molecular weight is 285 g/mol. The molecule has 1 atom stereocenters. The topological polar surface area (TPSA) is 66.8 Å². The molecular weight excluding hydrogens is 258 g/mol. The summed E-state index contributed by atoms with van der Waals surface area (Å²) in [6.45, 7) is 9.64. The van der Waals surface area contributed by atoms with Crippen molar-refractivity contribution in [1.82, 2.24) is 4.90 Å². The summed E-state index contributed by atoms with van der Waals surface area (Å²) in [4.78, 5) is 24.5. The Hall–Kier alpha value is -1.10. The lowest BCUT2D eigenvalue weighted by Gasteiger charge is -2.34. The van der Waals surface area contributed by atoms with Crippen molar-refractivity contribution in [1.29, 1.82) is 0 Å². The number of amides is 1. The first kappa shape index (κ1) is 17.0. The molecular formula is C15H27NO4. The fourth-order valence-corrected chi connectivity index (χ4v) is 2.16. The highest BCUT2D eigenvalue weighted by Gasteiger charge is 2.28. The van der Waals surface area contributed by atoms with Crippen molar-refractivity contribution in [2.24, 2.45) is 11.3 Å². The smallest absolute Gasteiger partial charge is 0.329 e. The molecule has 20 heavy (non-hydrogen) atoms. The maximum absolute atomic E-state index is 12.2. The Kier molecular flexibility index (Phi) is 5.99. The Bertz CT molecular complexity index is 340. The van der Waals surface area contributed by atoms with Gasteiger partial charge in [0.25, 0.3) is 0 Å². The van der Waals surface area contributed by atoms with E-state index in [1.165, 1.54) is 0 Å². The van der Waals surface area contributed by atoms with Crippen LogP contribution >= 0.6 is 0 Å². The van der Waals surface area contributed by atoms with Gasteiger partial charge in [0.2, 0.25) is 5.91 Å². The van der Waals surface area contributed by atoms with Gasteiger partial charge in [0, 0.05) is 19.5 Å². The number of likely N-dealkylation sites (tertiary alicyclic amines) is 1. The molecule has 1 aliphatic heterocycles. The first-order valence-electron chi connectivity index (χ1n) is 7.31. The van der Waals surface area contributed by atoms with Gasteiger partial charge in [0.05, 0.1) is 6.10 Å². The van der Waals surface area contributed by atoms with E-state index in [1.54, 1.807) is 0 Å². The summed E-state index contributed by atoms with van der Waals surface area (Å²) in [6.07, 6.45) is 1.99. The second-order valence-corrected chi connectivity index (χ2v) is 6.76. The molecule has 0 spiro atoms. The van der Waals surface area contributed by atoms with Crippen LogP contribution < -0.4 is 0 Å². The monoisotopic (exact) mass is 285 g/mol. The Morgan fingerprint density at radius 3 is 2.30 bits per heavy atom. The lowest BCUT2D eigenvalue weighted by Crippen LogP contribution is -2.42.